The standard InChI is InChI=1S/C19H27N3O4/c1-20-18(23)12-22-19(24)11-15(21(22)2)13-8-9-16(25-3)17(10-13)26-14-6-4-5-7-14/h8-10,14-15H,4-7,11-12H2,1-3H3,(H,20,23). The number of hydrazine groups is 1. The van der Waals surface area contributed by atoms with Crippen LogP contribution >= 0.6 is 0 Å². The first-order chi connectivity index (χ1) is 12.5. The van der Waals surface area contributed by atoms with Crippen molar-refractivity contribution in [1.82, 2.24) is 15.3 Å². The maximum Gasteiger partial charge on any atom is 0.241 e. The molecule has 1 aliphatic carbocycles. The Kier molecular flexibility index (Phi) is 5.66. The van der Waals surface area contributed by atoms with Crippen LogP contribution in [0.4, 0.5) is 0 Å². The first kappa shape index (κ1) is 18.5. The molecule has 1 saturated heterocycles. The van der Waals surface area contributed by atoms with E-state index in [1.807, 2.05) is 30.3 Å². The number of benzene rings is 1. The molecule has 1 N–H and O–H groups in total. The zero-order valence-corrected chi connectivity index (χ0v) is 15.7. The van der Waals surface area contributed by atoms with E-state index in [0.29, 0.717) is 12.2 Å². The zero-order valence-electron chi connectivity index (χ0n) is 15.7. The van der Waals surface area contributed by atoms with Crippen LogP contribution in [0.1, 0.15) is 43.7 Å². The summed E-state index contributed by atoms with van der Waals surface area (Å²) in [6, 6.07) is 5.69. The Hall–Kier alpha value is -2.28. The topological polar surface area (TPSA) is 71.1 Å². The van der Waals surface area contributed by atoms with Gasteiger partial charge in [0.05, 0.1) is 19.3 Å². The molecule has 0 bridgehead atoms. The molecule has 1 aromatic carbocycles. The molecule has 2 aliphatic rings. The lowest BCUT2D eigenvalue weighted by Gasteiger charge is -2.28. The van der Waals surface area contributed by atoms with Crippen LogP contribution in [0.2, 0.25) is 0 Å². The first-order valence-corrected chi connectivity index (χ1v) is 9.11. The Morgan fingerprint density at radius 2 is 2.00 bits per heavy atom. The molecule has 1 aromatic rings. The van der Waals surface area contributed by atoms with Crippen LogP contribution in [0.15, 0.2) is 18.2 Å². The van der Waals surface area contributed by atoms with Gasteiger partial charge in [-0.3, -0.25) is 14.6 Å². The van der Waals surface area contributed by atoms with Crippen LogP contribution in [0.3, 0.4) is 0 Å². The van der Waals surface area contributed by atoms with E-state index in [2.05, 4.69) is 5.32 Å². The van der Waals surface area contributed by atoms with Crippen molar-refractivity contribution in [1.29, 1.82) is 0 Å². The number of nitrogens with one attached hydrogen (secondary N) is 1. The molecule has 3 rings (SSSR count). The number of rotatable bonds is 6. The van der Waals surface area contributed by atoms with Gasteiger partial charge in [0.2, 0.25) is 11.8 Å². The minimum atomic E-state index is -0.189. The summed E-state index contributed by atoms with van der Waals surface area (Å²) in [7, 11) is 5.03. The molecular formula is C19H27N3O4. The van der Waals surface area contributed by atoms with E-state index in [0.717, 1.165) is 24.2 Å². The van der Waals surface area contributed by atoms with Crippen molar-refractivity contribution in [3.63, 3.8) is 0 Å². The van der Waals surface area contributed by atoms with Gasteiger partial charge in [-0.05, 0) is 43.4 Å². The van der Waals surface area contributed by atoms with Crippen molar-refractivity contribution >= 4 is 11.8 Å². The second-order valence-electron chi connectivity index (χ2n) is 6.85. The number of likely N-dealkylation sites (N-methyl/N-ethyl adjacent to an activating group) is 1. The molecule has 2 fully saturated rings. The summed E-state index contributed by atoms with van der Waals surface area (Å²) in [6.07, 6.45) is 5.08. The molecule has 1 atom stereocenters. The van der Waals surface area contributed by atoms with Crippen LogP contribution in [0, 0.1) is 0 Å². The monoisotopic (exact) mass is 361 g/mol. The minimum absolute atomic E-state index is 0.0317. The van der Waals surface area contributed by atoms with Crippen LogP contribution in [-0.2, 0) is 9.59 Å². The summed E-state index contributed by atoms with van der Waals surface area (Å²) in [5.74, 6) is 1.18. The molecule has 142 valence electrons. The normalized spacial score (nSPS) is 21.3. The summed E-state index contributed by atoms with van der Waals surface area (Å²) >= 11 is 0. The quantitative estimate of drug-likeness (QED) is 0.838. The Morgan fingerprint density at radius 3 is 2.65 bits per heavy atom. The molecule has 7 nitrogen and oxygen atoms in total. The number of methoxy groups -OCH3 is 1. The number of carbonyl (C=O) groups is 2. The molecule has 26 heavy (non-hydrogen) atoms. The second kappa shape index (κ2) is 7.95. The van der Waals surface area contributed by atoms with E-state index in [-0.39, 0.29) is 30.5 Å². The average molecular weight is 361 g/mol. The molecule has 0 aromatic heterocycles. The van der Waals surface area contributed by atoms with Crippen molar-refractivity contribution < 1.29 is 19.1 Å². The van der Waals surface area contributed by atoms with Gasteiger partial charge in [0.15, 0.2) is 11.5 Å². The smallest absolute Gasteiger partial charge is 0.241 e. The van der Waals surface area contributed by atoms with Crippen molar-refractivity contribution in [3.8, 4) is 11.5 Å². The van der Waals surface area contributed by atoms with Crippen LogP contribution in [-0.4, -0.2) is 55.7 Å². The number of hydrogen-bond donors (Lipinski definition) is 1. The van der Waals surface area contributed by atoms with Crippen molar-refractivity contribution in [3.05, 3.63) is 23.8 Å². The van der Waals surface area contributed by atoms with Gasteiger partial charge >= 0.3 is 0 Å². The third-order valence-corrected chi connectivity index (χ3v) is 5.23. The van der Waals surface area contributed by atoms with Gasteiger partial charge in [0, 0.05) is 20.5 Å². The van der Waals surface area contributed by atoms with E-state index in [1.165, 1.54) is 17.9 Å². The highest BCUT2D eigenvalue weighted by atomic mass is 16.5. The maximum absolute atomic E-state index is 12.4. The van der Waals surface area contributed by atoms with E-state index in [4.69, 9.17) is 9.47 Å². The summed E-state index contributed by atoms with van der Waals surface area (Å²) in [6.45, 7) is 0.0317. The summed E-state index contributed by atoms with van der Waals surface area (Å²) in [5.41, 5.74) is 0.981. The second-order valence-corrected chi connectivity index (χ2v) is 6.85. The third kappa shape index (κ3) is 3.77. The summed E-state index contributed by atoms with van der Waals surface area (Å²) in [4.78, 5) is 24.0. The molecule has 2 amide bonds. The number of hydrogen-bond acceptors (Lipinski definition) is 5. The fourth-order valence-electron chi connectivity index (χ4n) is 3.67. The van der Waals surface area contributed by atoms with Gasteiger partial charge in [0.25, 0.3) is 0 Å². The van der Waals surface area contributed by atoms with Gasteiger partial charge in [-0.1, -0.05) is 6.07 Å². The Labute approximate surface area is 154 Å². The van der Waals surface area contributed by atoms with Gasteiger partial charge in [-0.15, -0.1) is 0 Å². The number of ether oxygens (including phenoxy) is 2. The molecule has 7 heteroatoms. The Balaban J connectivity index is 1.80. The fourth-order valence-corrected chi connectivity index (χ4v) is 3.67. The highest BCUT2D eigenvalue weighted by molar-refractivity contribution is 5.85. The summed E-state index contributed by atoms with van der Waals surface area (Å²) < 4.78 is 11.6. The van der Waals surface area contributed by atoms with Crippen molar-refractivity contribution in [2.24, 2.45) is 0 Å². The lowest BCUT2D eigenvalue weighted by Crippen LogP contribution is -2.43. The lowest BCUT2D eigenvalue weighted by molar-refractivity contribution is -0.142. The summed E-state index contributed by atoms with van der Waals surface area (Å²) in [5, 5.41) is 5.88. The Morgan fingerprint density at radius 1 is 1.27 bits per heavy atom. The van der Waals surface area contributed by atoms with Gasteiger partial charge < -0.3 is 14.8 Å². The predicted molar refractivity (Wildman–Crippen MR) is 96.8 cm³/mol. The van der Waals surface area contributed by atoms with E-state index >= 15 is 0 Å². The van der Waals surface area contributed by atoms with E-state index in [1.54, 1.807) is 14.2 Å². The van der Waals surface area contributed by atoms with Crippen LogP contribution < -0.4 is 14.8 Å². The average Bonchev–Trinajstić information content (AvgIpc) is 3.25. The maximum atomic E-state index is 12.4. The Bertz CT molecular complexity index is 673. The van der Waals surface area contributed by atoms with Crippen molar-refractivity contribution in [2.75, 3.05) is 27.7 Å². The highest BCUT2D eigenvalue weighted by Crippen LogP contribution is 2.38. The highest BCUT2D eigenvalue weighted by Gasteiger charge is 2.37. The molecular weight excluding hydrogens is 334 g/mol. The molecule has 1 heterocycles. The minimum Gasteiger partial charge on any atom is -0.493 e. The van der Waals surface area contributed by atoms with E-state index < -0.39 is 0 Å². The van der Waals surface area contributed by atoms with Gasteiger partial charge in [-0.25, -0.2) is 5.01 Å². The van der Waals surface area contributed by atoms with Crippen LogP contribution in [0.5, 0.6) is 11.5 Å². The SMILES string of the molecule is CNC(=O)CN1C(=O)CC(c2ccc(OC)c(OC3CCCC3)c2)N1C. The van der Waals surface area contributed by atoms with Crippen LogP contribution in [0.25, 0.3) is 0 Å². The van der Waals surface area contributed by atoms with Crippen molar-refractivity contribution in [2.45, 2.75) is 44.2 Å². The molecule has 1 saturated carbocycles. The predicted octanol–water partition coefficient (Wildman–Crippen LogP) is 1.88. The largest absolute Gasteiger partial charge is 0.493 e. The molecule has 1 aliphatic heterocycles. The third-order valence-electron chi connectivity index (χ3n) is 5.23. The first-order valence-electron chi connectivity index (χ1n) is 9.11. The molecule has 0 spiro atoms. The zero-order chi connectivity index (χ0) is 18.7. The van der Waals surface area contributed by atoms with Gasteiger partial charge in [0.1, 0.15) is 6.54 Å². The number of amides is 2. The number of nitrogens with zero attached hydrogens (tertiary/aromatic N) is 2. The number of carbonyl (C=O) groups excluding carboxylic acids is 2. The molecule has 1 unspecified atom stereocenters. The molecule has 0 radical (unpaired) electrons. The fraction of sp³-hybridized carbons (Fsp3) is 0.579. The van der Waals surface area contributed by atoms with E-state index in [9.17, 15) is 9.59 Å². The van der Waals surface area contributed by atoms with Gasteiger partial charge in [-0.2, -0.15) is 0 Å². The lowest BCUT2D eigenvalue weighted by atomic mass is 10.0.